The first kappa shape index (κ1) is 30.0. The topological polar surface area (TPSA) is 0 Å². The number of hydrogen-bond donors (Lipinski definition) is 0. The van der Waals surface area contributed by atoms with Crippen molar-refractivity contribution in [2.24, 2.45) is 0 Å². The van der Waals surface area contributed by atoms with Crippen LogP contribution in [0.15, 0.2) is 158 Å². The van der Waals surface area contributed by atoms with Gasteiger partial charge in [0, 0.05) is 0 Å². The Morgan fingerprint density at radius 2 is 0.685 bits per heavy atom. The Morgan fingerprint density at radius 1 is 0.296 bits per heavy atom. The van der Waals surface area contributed by atoms with Crippen molar-refractivity contribution in [2.75, 3.05) is 0 Å². The molecule has 0 radical (unpaired) electrons. The van der Waals surface area contributed by atoms with Crippen LogP contribution in [0.5, 0.6) is 0 Å². The van der Waals surface area contributed by atoms with Gasteiger partial charge in [0.25, 0.3) is 0 Å². The van der Waals surface area contributed by atoms with Crippen LogP contribution in [-0.2, 0) is 25.7 Å². The van der Waals surface area contributed by atoms with Crippen molar-refractivity contribution >= 4 is 76.8 Å². The Labute approximate surface area is 314 Å². The fraction of sp³-hybridized carbons (Fsp3) is 0.0741. The molecule has 0 unspecified atom stereocenters. The fourth-order valence-corrected chi connectivity index (χ4v) is 9.91. The highest BCUT2D eigenvalue weighted by atomic mass is 14.2. The minimum Gasteiger partial charge on any atom is -0.0614 e. The van der Waals surface area contributed by atoms with Gasteiger partial charge in [-0.1, -0.05) is 133 Å². The van der Waals surface area contributed by atoms with Gasteiger partial charge in [0.05, 0.1) is 0 Å². The summed E-state index contributed by atoms with van der Waals surface area (Å²) in [6, 6.07) is 59.8. The Morgan fingerprint density at radius 3 is 1.15 bits per heavy atom. The van der Waals surface area contributed by atoms with Crippen LogP contribution in [0.4, 0.5) is 0 Å². The first-order chi connectivity index (χ1) is 26.7. The second-order valence-electron chi connectivity index (χ2n) is 15.5. The van der Waals surface area contributed by atoms with Crippen LogP contribution in [0.1, 0.15) is 33.4 Å². The largest absolute Gasteiger partial charge is 0.0614 e. The average molecular weight is 685 g/mol. The zero-order chi connectivity index (χ0) is 35.3. The molecule has 0 spiro atoms. The lowest BCUT2D eigenvalue weighted by atomic mass is 9.83. The van der Waals surface area contributed by atoms with Gasteiger partial charge in [-0.05, 0) is 182 Å². The van der Waals surface area contributed by atoms with Gasteiger partial charge in [0.1, 0.15) is 0 Å². The van der Waals surface area contributed by atoms with Gasteiger partial charge in [0.15, 0.2) is 0 Å². The fourth-order valence-electron chi connectivity index (χ4n) is 9.91. The summed E-state index contributed by atoms with van der Waals surface area (Å²) < 4.78 is 0. The van der Waals surface area contributed by atoms with Gasteiger partial charge in [-0.25, -0.2) is 0 Å². The van der Waals surface area contributed by atoms with Crippen LogP contribution in [0.25, 0.3) is 99.0 Å². The molecule has 0 saturated carbocycles. The molecule has 0 saturated heterocycles. The second kappa shape index (κ2) is 11.5. The smallest absolute Gasteiger partial charge is 0.00642 e. The molecule has 12 rings (SSSR count). The number of fused-ring (bicyclic) bond motifs is 2. The summed E-state index contributed by atoms with van der Waals surface area (Å²) in [6.45, 7) is 0. The molecule has 2 aliphatic rings. The minimum absolute atomic E-state index is 1.12. The maximum atomic E-state index is 2.41. The van der Waals surface area contributed by atoms with Gasteiger partial charge >= 0.3 is 0 Å². The van der Waals surface area contributed by atoms with Crippen molar-refractivity contribution in [3.8, 4) is 22.3 Å². The summed E-state index contributed by atoms with van der Waals surface area (Å²) in [6.07, 6.45) is 8.98. The van der Waals surface area contributed by atoms with Crippen LogP contribution < -0.4 is 0 Å². The molecule has 54 heavy (non-hydrogen) atoms. The molecule has 0 fully saturated rings. The van der Waals surface area contributed by atoms with E-state index in [0.717, 1.165) is 25.7 Å². The summed E-state index contributed by atoms with van der Waals surface area (Å²) in [5, 5.41) is 16.3. The van der Waals surface area contributed by atoms with Crippen molar-refractivity contribution in [3.63, 3.8) is 0 Å². The maximum Gasteiger partial charge on any atom is -0.00642 e. The molecule has 0 aromatic heterocycles. The van der Waals surface area contributed by atoms with Crippen molar-refractivity contribution < 1.29 is 0 Å². The predicted octanol–water partition coefficient (Wildman–Crippen LogP) is 14.3. The van der Waals surface area contributed by atoms with Crippen molar-refractivity contribution in [2.45, 2.75) is 25.7 Å². The lowest BCUT2D eigenvalue weighted by Crippen LogP contribution is -2.01. The predicted molar refractivity (Wildman–Crippen MR) is 233 cm³/mol. The first-order valence-electron chi connectivity index (χ1n) is 19.4. The monoisotopic (exact) mass is 684 g/mol. The third-order valence-corrected chi connectivity index (χ3v) is 12.5. The van der Waals surface area contributed by atoms with Gasteiger partial charge in [-0.3, -0.25) is 0 Å². The van der Waals surface area contributed by atoms with Crippen LogP contribution in [-0.4, -0.2) is 0 Å². The standard InChI is InChI=1S/C54H36/c1-5-35-19-21-37-7-3-11-47-49(31-45(9-1)51(35)53(37)47)43-25-23-39-27-33(15-17-41(39)29-43)13-14-34-16-18-42-30-44(26-24-40(42)28-34)50-32-46-10-2-6-36-20-22-38-8-4-12-48(50)54(38)52(36)46/h1-18,23-32H,19-22H2/b14-13+. The molecule has 0 amide bonds. The summed E-state index contributed by atoms with van der Waals surface area (Å²) >= 11 is 0. The summed E-state index contributed by atoms with van der Waals surface area (Å²) in [5.41, 5.74) is 13.6. The molecule has 0 aliphatic heterocycles. The average Bonchev–Trinajstić information content (AvgIpc) is 3.23. The molecule has 252 valence electrons. The highest BCUT2D eigenvalue weighted by Gasteiger charge is 2.19. The molecular weight excluding hydrogens is 649 g/mol. The van der Waals surface area contributed by atoms with E-state index < -0.39 is 0 Å². The molecule has 10 aromatic rings. The molecular formula is C54H36. The third-order valence-electron chi connectivity index (χ3n) is 12.5. The zero-order valence-corrected chi connectivity index (χ0v) is 30.0. The minimum atomic E-state index is 1.12. The van der Waals surface area contributed by atoms with E-state index in [0.29, 0.717) is 0 Å². The van der Waals surface area contributed by atoms with Gasteiger partial charge in [-0.15, -0.1) is 0 Å². The Kier molecular flexibility index (Phi) is 6.39. The van der Waals surface area contributed by atoms with E-state index in [-0.39, 0.29) is 0 Å². The number of benzene rings is 10. The SMILES string of the molecule is C(=C\c1ccc2cc(-c3cc4cccc5c4c4c(cccc34)CC5)ccc2c1)/c1ccc2cc(-c3cc4cccc5c4c4c(cccc34)CC5)ccc2c1. The summed E-state index contributed by atoms with van der Waals surface area (Å²) in [4.78, 5) is 0. The number of aryl methyl sites for hydroxylation is 4. The van der Waals surface area contributed by atoms with Gasteiger partial charge in [-0.2, -0.15) is 0 Å². The highest BCUT2D eigenvalue weighted by molar-refractivity contribution is 6.18. The lowest BCUT2D eigenvalue weighted by Gasteiger charge is -2.21. The van der Waals surface area contributed by atoms with E-state index in [1.54, 1.807) is 0 Å². The molecule has 0 N–H and O–H groups in total. The van der Waals surface area contributed by atoms with E-state index in [4.69, 9.17) is 0 Å². The molecule has 0 atom stereocenters. The number of hydrogen-bond acceptors (Lipinski definition) is 0. The Balaban J connectivity index is 0.861. The lowest BCUT2D eigenvalue weighted by molar-refractivity contribution is 0.968. The molecule has 0 nitrogen and oxygen atoms in total. The summed E-state index contributed by atoms with van der Waals surface area (Å²) in [7, 11) is 0. The molecule has 0 bridgehead atoms. The van der Waals surface area contributed by atoms with Crippen LogP contribution >= 0.6 is 0 Å². The van der Waals surface area contributed by atoms with Crippen LogP contribution in [0.2, 0.25) is 0 Å². The molecule has 0 heterocycles. The van der Waals surface area contributed by atoms with E-state index in [2.05, 4.69) is 170 Å². The highest BCUT2D eigenvalue weighted by Crippen LogP contribution is 2.43. The third kappa shape index (κ3) is 4.56. The number of rotatable bonds is 4. The first-order valence-corrected chi connectivity index (χ1v) is 19.4. The normalized spacial score (nSPS) is 13.6. The van der Waals surface area contributed by atoms with E-state index in [1.165, 1.54) is 120 Å². The maximum absolute atomic E-state index is 2.41. The van der Waals surface area contributed by atoms with Crippen LogP contribution in [0, 0.1) is 0 Å². The quantitative estimate of drug-likeness (QED) is 0.128. The van der Waals surface area contributed by atoms with E-state index >= 15 is 0 Å². The second-order valence-corrected chi connectivity index (χ2v) is 15.5. The van der Waals surface area contributed by atoms with E-state index in [9.17, 15) is 0 Å². The van der Waals surface area contributed by atoms with Crippen molar-refractivity contribution in [1.82, 2.24) is 0 Å². The Hall–Kier alpha value is -6.50. The molecule has 2 aliphatic carbocycles. The van der Waals surface area contributed by atoms with E-state index in [1.807, 2.05) is 0 Å². The Bertz CT molecular complexity index is 3040. The van der Waals surface area contributed by atoms with Crippen LogP contribution in [0.3, 0.4) is 0 Å². The van der Waals surface area contributed by atoms with Crippen molar-refractivity contribution in [1.29, 1.82) is 0 Å². The molecule has 0 heteroatoms. The van der Waals surface area contributed by atoms with Gasteiger partial charge < -0.3 is 0 Å². The summed E-state index contributed by atoms with van der Waals surface area (Å²) in [5.74, 6) is 0. The zero-order valence-electron chi connectivity index (χ0n) is 30.0. The van der Waals surface area contributed by atoms with Crippen molar-refractivity contribution in [3.05, 3.63) is 191 Å². The van der Waals surface area contributed by atoms with Gasteiger partial charge in [0.2, 0.25) is 0 Å². The molecule has 10 aromatic carbocycles.